The van der Waals surface area contributed by atoms with Crippen molar-refractivity contribution in [1.29, 1.82) is 0 Å². The second kappa shape index (κ2) is 7.59. The fourth-order valence-electron chi connectivity index (χ4n) is 1.46. The third-order valence-electron chi connectivity index (χ3n) is 2.37. The minimum atomic E-state index is -0.534. The second-order valence-corrected chi connectivity index (χ2v) is 4.39. The van der Waals surface area contributed by atoms with Gasteiger partial charge in [-0.15, -0.1) is 0 Å². The van der Waals surface area contributed by atoms with Crippen LogP contribution in [0.15, 0.2) is 36.4 Å². The number of carbonyl (C=O) groups excluding carboxylic acids is 2. The van der Waals surface area contributed by atoms with Crippen molar-refractivity contribution in [3.63, 3.8) is 0 Å². The summed E-state index contributed by atoms with van der Waals surface area (Å²) >= 11 is 5.87. The van der Waals surface area contributed by atoms with Crippen molar-refractivity contribution in [2.24, 2.45) is 0 Å². The maximum absolute atomic E-state index is 11.6. The molecule has 4 nitrogen and oxygen atoms in total. The third-order valence-corrected chi connectivity index (χ3v) is 2.61. The molecule has 19 heavy (non-hydrogen) atoms. The van der Waals surface area contributed by atoms with Crippen LogP contribution in [-0.2, 0) is 14.3 Å². The number of benzene rings is 1. The van der Waals surface area contributed by atoms with Crippen molar-refractivity contribution >= 4 is 23.5 Å². The summed E-state index contributed by atoms with van der Waals surface area (Å²) in [7, 11) is 0. The van der Waals surface area contributed by atoms with E-state index in [4.69, 9.17) is 16.3 Å². The van der Waals surface area contributed by atoms with E-state index in [1.165, 1.54) is 6.08 Å². The van der Waals surface area contributed by atoms with Crippen LogP contribution >= 0.6 is 11.6 Å². The molecule has 0 aliphatic carbocycles. The Bertz CT molecular complexity index is 485. The molecule has 0 radical (unpaired) electrons. The highest BCUT2D eigenvalue weighted by molar-refractivity contribution is 6.30. The number of rotatable bonds is 5. The van der Waals surface area contributed by atoms with Crippen molar-refractivity contribution < 1.29 is 14.3 Å². The number of halogens is 1. The Morgan fingerprint density at radius 1 is 1.47 bits per heavy atom. The first kappa shape index (κ1) is 15.2. The molecular formula is C14H16ClNO3. The molecule has 1 aromatic rings. The van der Waals surface area contributed by atoms with E-state index in [9.17, 15) is 9.59 Å². The highest BCUT2D eigenvalue weighted by Crippen LogP contribution is 2.17. The van der Waals surface area contributed by atoms with Crippen LogP contribution in [0.4, 0.5) is 0 Å². The Hall–Kier alpha value is -1.81. The number of amides is 1. The quantitative estimate of drug-likeness (QED) is 0.667. The summed E-state index contributed by atoms with van der Waals surface area (Å²) in [6.45, 7) is 3.23. The molecule has 0 fully saturated rings. The minimum Gasteiger partial charge on any atom is -0.452 e. The normalized spacial score (nSPS) is 12.2. The van der Waals surface area contributed by atoms with Crippen LogP contribution in [0.2, 0.25) is 5.02 Å². The van der Waals surface area contributed by atoms with Gasteiger partial charge in [0.05, 0.1) is 6.04 Å². The summed E-state index contributed by atoms with van der Waals surface area (Å²) in [5.74, 6) is -0.890. The van der Waals surface area contributed by atoms with Gasteiger partial charge in [0.1, 0.15) is 0 Å². The van der Waals surface area contributed by atoms with Crippen LogP contribution < -0.4 is 5.32 Å². The lowest BCUT2D eigenvalue weighted by Gasteiger charge is -2.14. The molecule has 102 valence electrons. The summed E-state index contributed by atoms with van der Waals surface area (Å²) in [5, 5.41) is 3.33. The topological polar surface area (TPSA) is 55.4 Å². The summed E-state index contributed by atoms with van der Waals surface area (Å²) in [6, 6.07) is 7.01. The number of hydrogen-bond donors (Lipinski definition) is 1. The first-order valence-corrected chi connectivity index (χ1v) is 6.25. The van der Waals surface area contributed by atoms with E-state index in [1.807, 2.05) is 19.1 Å². The van der Waals surface area contributed by atoms with E-state index in [2.05, 4.69) is 5.32 Å². The molecule has 0 spiro atoms. The molecule has 1 N–H and O–H groups in total. The molecule has 0 aliphatic heterocycles. The maximum atomic E-state index is 11.6. The summed E-state index contributed by atoms with van der Waals surface area (Å²) < 4.78 is 4.74. The Morgan fingerprint density at radius 2 is 2.21 bits per heavy atom. The lowest BCUT2D eigenvalue weighted by Crippen LogP contribution is -2.30. The predicted octanol–water partition coefficient (Wildman–Crippen LogP) is 2.64. The van der Waals surface area contributed by atoms with Crippen LogP contribution in [0, 0.1) is 0 Å². The van der Waals surface area contributed by atoms with Gasteiger partial charge in [0.15, 0.2) is 6.61 Å². The number of carbonyl (C=O) groups is 2. The molecular weight excluding hydrogens is 266 g/mol. The van der Waals surface area contributed by atoms with E-state index in [0.29, 0.717) is 5.02 Å². The van der Waals surface area contributed by atoms with Crippen molar-refractivity contribution in [2.75, 3.05) is 6.61 Å². The first-order chi connectivity index (χ1) is 9.02. The molecule has 1 amide bonds. The average Bonchev–Trinajstić information content (AvgIpc) is 2.36. The summed E-state index contributed by atoms with van der Waals surface area (Å²) in [4.78, 5) is 22.6. The van der Waals surface area contributed by atoms with E-state index >= 15 is 0 Å². The zero-order chi connectivity index (χ0) is 14.3. The molecule has 0 unspecified atom stereocenters. The molecule has 1 rings (SSSR count). The molecule has 0 heterocycles. The van der Waals surface area contributed by atoms with Gasteiger partial charge >= 0.3 is 5.97 Å². The van der Waals surface area contributed by atoms with Crippen molar-refractivity contribution in [2.45, 2.75) is 19.9 Å². The van der Waals surface area contributed by atoms with Crippen molar-refractivity contribution in [3.05, 3.63) is 47.0 Å². The van der Waals surface area contributed by atoms with Gasteiger partial charge in [-0.3, -0.25) is 4.79 Å². The van der Waals surface area contributed by atoms with Gasteiger partial charge < -0.3 is 10.1 Å². The lowest BCUT2D eigenvalue weighted by atomic mass is 10.1. The van der Waals surface area contributed by atoms with Gasteiger partial charge in [0.25, 0.3) is 5.91 Å². The van der Waals surface area contributed by atoms with E-state index in [1.54, 1.807) is 25.1 Å². The SMILES string of the molecule is C/C=C/C(=O)OCC(=O)N[C@@H](C)c1cccc(Cl)c1. The summed E-state index contributed by atoms with van der Waals surface area (Å²) in [5.41, 5.74) is 0.889. The largest absolute Gasteiger partial charge is 0.452 e. The maximum Gasteiger partial charge on any atom is 0.330 e. The van der Waals surface area contributed by atoms with Gasteiger partial charge in [0, 0.05) is 11.1 Å². The van der Waals surface area contributed by atoms with Crippen LogP contribution in [0.25, 0.3) is 0 Å². The minimum absolute atomic E-state index is 0.202. The van der Waals surface area contributed by atoms with Crippen LogP contribution in [0.3, 0.4) is 0 Å². The van der Waals surface area contributed by atoms with Crippen LogP contribution in [0.1, 0.15) is 25.5 Å². The van der Waals surface area contributed by atoms with Gasteiger partial charge in [0.2, 0.25) is 0 Å². The van der Waals surface area contributed by atoms with Gasteiger partial charge in [-0.1, -0.05) is 29.8 Å². The zero-order valence-corrected chi connectivity index (χ0v) is 11.6. The molecule has 0 saturated heterocycles. The standard InChI is InChI=1S/C14H16ClNO3/c1-3-5-14(18)19-9-13(17)16-10(2)11-6-4-7-12(15)8-11/h3-8,10H,9H2,1-2H3,(H,16,17)/b5-3+/t10-/m0/s1. The average molecular weight is 282 g/mol. The molecule has 0 aromatic heterocycles. The molecule has 5 heteroatoms. The fourth-order valence-corrected chi connectivity index (χ4v) is 1.66. The number of esters is 1. The Balaban J connectivity index is 2.46. The number of hydrogen-bond acceptors (Lipinski definition) is 3. The number of allylic oxidation sites excluding steroid dienone is 1. The van der Waals surface area contributed by atoms with Crippen LogP contribution in [0.5, 0.6) is 0 Å². The van der Waals surface area contributed by atoms with Crippen LogP contribution in [-0.4, -0.2) is 18.5 Å². The monoisotopic (exact) mass is 281 g/mol. The molecule has 0 bridgehead atoms. The van der Waals surface area contributed by atoms with E-state index < -0.39 is 5.97 Å². The predicted molar refractivity (Wildman–Crippen MR) is 73.8 cm³/mol. The number of ether oxygens (including phenoxy) is 1. The smallest absolute Gasteiger partial charge is 0.330 e. The lowest BCUT2D eigenvalue weighted by molar-refractivity contribution is -0.144. The fraction of sp³-hybridized carbons (Fsp3) is 0.286. The Labute approximate surface area is 117 Å². The van der Waals surface area contributed by atoms with E-state index in [-0.39, 0.29) is 18.6 Å². The molecule has 0 aliphatic rings. The Kier molecular flexibility index (Phi) is 6.09. The zero-order valence-electron chi connectivity index (χ0n) is 10.9. The van der Waals surface area contributed by atoms with E-state index in [0.717, 1.165) is 5.56 Å². The third kappa shape index (κ3) is 5.57. The number of nitrogens with one attached hydrogen (secondary N) is 1. The molecule has 1 aromatic carbocycles. The highest BCUT2D eigenvalue weighted by Gasteiger charge is 2.11. The molecule has 1 atom stereocenters. The van der Waals surface area contributed by atoms with Crippen molar-refractivity contribution in [3.8, 4) is 0 Å². The molecule has 0 saturated carbocycles. The summed E-state index contributed by atoms with van der Waals surface area (Å²) in [6.07, 6.45) is 2.81. The van der Waals surface area contributed by atoms with Gasteiger partial charge in [-0.2, -0.15) is 0 Å². The highest BCUT2D eigenvalue weighted by atomic mass is 35.5. The first-order valence-electron chi connectivity index (χ1n) is 5.87. The van der Waals surface area contributed by atoms with Gasteiger partial charge in [-0.25, -0.2) is 4.79 Å². The Morgan fingerprint density at radius 3 is 2.84 bits per heavy atom. The second-order valence-electron chi connectivity index (χ2n) is 3.95. The van der Waals surface area contributed by atoms with Gasteiger partial charge in [-0.05, 0) is 31.5 Å². The van der Waals surface area contributed by atoms with Crippen molar-refractivity contribution in [1.82, 2.24) is 5.32 Å².